The van der Waals surface area contributed by atoms with Crippen LogP contribution in [0, 0.1) is 0 Å². The van der Waals surface area contributed by atoms with Crippen LogP contribution in [-0.4, -0.2) is 108 Å². The molecule has 0 aromatic carbocycles. The molecule has 0 fully saturated rings. The van der Waals surface area contributed by atoms with E-state index < -0.39 is 36.2 Å². The van der Waals surface area contributed by atoms with Gasteiger partial charge in [-0.25, -0.2) is 0 Å². The number of nitrogens with one attached hydrogen (secondary N) is 1. The highest BCUT2D eigenvalue weighted by Gasteiger charge is 2.29. The van der Waals surface area contributed by atoms with E-state index in [4.69, 9.17) is 10.2 Å². The van der Waals surface area contributed by atoms with Gasteiger partial charge in [-0.3, -0.25) is 9.59 Å². The fourth-order valence-electron chi connectivity index (χ4n) is 2.45. The van der Waals surface area contributed by atoms with Crippen LogP contribution in [-0.2, 0) is 9.59 Å². The lowest BCUT2D eigenvalue weighted by molar-refractivity contribution is -0.139. The minimum absolute atomic E-state index is 0.339. The average Bonchev–Trinajstić information content (AvgIpc) is 2.47. The molecule has 0 spiro atoms. The van der Waals surface area contributed by atoms with E-state index in [0.29, 0.717) is 25.9 Å². The summed E-state index contributed by atoms with van der Waals surface area (Å²) in [5.41, 5.74) is 0. The molecule has 0 aliphatic carbocycles. The Morgan fingerprint density at radius 2 is 1.12 bits per heavy atom. The Morgan fingerprint density at radius 1 is 0.800 bits per heavy atom. The number of hydrogen-bond donors (Lipinski definition) is 5. The van der Waals surface area contributed by atoms with Gasteiger partial charge in [0.15, 0.2) is 0 Å². The van der Waals surface area contributed by atoms with Crippen LogP contribution >= 0.6 is 0 Å². The third-order valence-electron chi connectivity index (χ3n) is 3.89. The maximum Gasteiger partial charge on any atom is 0.305 e. The molecule has 0 saturated heterocycles. The first-order valence-electron chi connectivity index (χ1n) is 8.38. The summed E-state index contributed by atoms with van der Waals surface area (Å²) in [5.74, 6) is -2.20. The van der Waals surface area contributed by atoms with Gasteiger partial charge < -0.3 is 35.5 Å². The lowest BCUT2D eigenvalue weighted by Crippen LogP contribution is -2.52. The summed E-state index contributed by atoms with van der Waals surface area (Å²) in [5, 5.41) is 41.6. The summed E-state index contributed by atoms with van der Waals surface area (Å²) in [6.45, 7) is 1.12. The van der Waals surface area contributed by atoms with Crippen molar-refractivity contribution in [2.24, 2.45) is 0 Å². The molecule has 0 radical (unpaired) electrons. The number of carboxylic acid groups (broad SMARTS) is 2. The Morgan fingerprint density at radius 3 is 1.36 bits per heavy atom. The molecule has 4 unspecified atom stereocenters. The van der Waals surface area contributed by atoms with Gasteiger partial charge in [0.1, 0.15) is 0 Å². The SMILES string of the molecule is CN(C)CCC(O)C(CC(=O)O)NC(CC(=O)O)C(O)CCN(C)C. The van der Waals surface area contributed by atoms with E-state index in [9.17, 15) is 19.8 Å². The molecular weight excluding hydrogens is 330 g/mol. The topological polar surface area (TPSA) is 134 Å². The Balaban J connectivity index is 5.02. The van der Waals surface area contributed by atoms with Crippen molar-refractivity contribution in [2.45, 2.75) is 50.0 Å². The fraction of sp³-hybridized carbons (Fsp3) is 0.875. The number of aliphatic hydroxyl groups is 2. The summed E-state index contributed by atoms with van der Waals surface area (Å²) >= 11 is 0. The van der Waals surface area contributed by atoms with Crippen LogP contribution in [0.1, 0.15) is 25.7 Å². The van der Waals surface area contributed by atoms with E-state index in [1.54, 1.807) is 0 Å². The van der Waals surface area contributed by atoms with Gasteiger partial charge in [0.25, 0.3) is 0 Å². The Bertz CT molecular complexity index is 369. The number of aliphatic carboxylic acids is 2. The van der Waals surface area contributed by atoms with E-state index in [2.05, 4.69) is 5.32 Å². The van der Waals surface area contributed by atoms with E-state index in [0.717, 1.165) is 0 Å². The molecule has 0 bridgehead atoms. The van der Waals surface area contributed by atoms with Gasteiger partial charge >= 0.3 is 11.9 Å². The number of nitrogens with zero attached hydrogens (tertiary/aromatic N) is 2. The standard InChI is InChI=1S/C16H33N3O6/c1-18(2)7-5-13(20)11(9-15(22)23)17-12(10-16(24)25)14(21)6-8-19(3)4/h11-14,17,20-21H,5-10H2,1-4H3,(H,22,23)(H,24,25). The third-order valence-corrected chi connectivity index (χ3v) is 3.89. The predicted octanol–water partition coefficient (Wildman–Crippen LogP) is -1.11. The molecule has 0 rings (SSSR count). The minimum atomic E-state index is -1.10. The number of rotatable bonds is 14. The molecule has 9 nitrogen and oxygen atoms in total. The summed E-state index contributed by atoms with van der Waals surface area (Å²) in [7, 11) is 7.35. The van der Waals surface area contributed by atoms with Crippen LogP contribution in [0.4, 0.5) is 0 Å². The molecule has 0 aromatic rings. The quantitative estimate of drug-likeness (QED) is 0.260. The summed E-state index contributed by atoms with van der Waals surface area (Å²) in [6.07, 6.45) is -1.96. The Hall–Kier alpha value is -1.26. The normalized spacial score (nSPS) is 16.6. The van der Waals surface area contributed by atoms with Gasteiger partial charge in [-0.15, -0.1) is 0 Å². The van der Waals surface area contributed by atoms with E-state index in [-0.39, 0.29) is 12.8 Å². The van der Waals surface area contributed by atoms with E-state index >= 15 is 0 Å². The van der Waals surface area contributed by atoms with Crippen molar-refractivity contribution in [1.82, 2.24) is 15.1 Å². The van der Waals surface area contributed by atoms with Gasteiger partial charge in [-0.05, 0) is 41.0 Å². The van der Waals surface area contributed by atoms with Crippen molar-refractivity contribution in [3.8, 4) is 0 Å². The van der Waals surface area contributed by atoms with Crippen LogP contribution in [0.3, 0.4) is 0 Å². The van der Waals surface area contributed by atoms with Crippen LogP contribution < -0.4 is 5.32 Å². The molecular formula is C16H33N3O6. The summed E-state index contributed by atoms with van der Waals surface area (Å²) < 4.78 is 0. The van der Waals surface area contributed by atoms with Crippen molar-refractivity contribution in [3.05, 3.63) is 0 Å². The van der Waals surface area contributed by atoms with Crippen LogP contribution in [0.15, 0.2) is 0 Å². The minimum Gasteiger partial charge on any atom is -0.481 e. The van der Waals surface area contributed by atoms with Gasteiger partial charge in [-0.2, -0.15) is 0 Å². The highest BCUT2D eigenvalue weighted by atomic mass is 16.4. The monoisotopic (exact) mass is 363 g/mol. The zero-order valence-electron chi connectivity index (χ0n) is 15.6. The van der Waals surface area contributed by atoms with Gasteiger partial charge in [0.2, 0.25) is 0 Å². The van der Waals surface area contributed by atoms with Gasteiger partial charge in [-0.1, -0.05) is 0 Å². The van der Waals surface area contributed by atoms with E-state index in [1.165, 1.54) is 0 Å². The first-order chi connectivity index (χ1) is 11.5. The Kier molecular flexibility index (Phi) is 11.5. The molecule has 0 aliphatic rings. The second kappa shape index (κ2) is 12.2. The van der Waals surface area contributed by atoms with Crippen LogP contribution in [0.2, 0.25) is 0 Å². The summed E-state index contributed by atoms with van der Waals surface area (Å²) in [6, 6.07) is -1.67. The van der Waals surface area contributed by atoms with Crippen molar-refractivity contribution in [1.29, 1.82) is 0 Å². The van der Waals surface area contributed by atoms with E-state index in [1.807, 2.05) is 38.0 Å². The molecule has 5 N–H and O–H groups in total. The molecule has 0 aromatic heterocycles. The first kappa shape index (κ1) is 23.7. The summed E-state index contributed by atoms with van der Waals surface area (Å²) in [4.78, 5) is 25.9. The predicted molar refractivity (Wildman–Crippen MR) is 93.6 cm³/mol. The molecule has 0 aliphatic heterocycles. The third kappa shape index (κ3) is 11.8. The lowest BCUT2D eigenvalue weighted by Gasteiger charge is -2.31. The molecule has 9 heteroatoms. The molecule has 4 atom stereocenters. The number of carboxylic acids is 2. The fourth-order valence-corrected chi connectivity index (χ4v) is 2.45. The van der Waals surface area contributed by atoms with Gasteiger partial charge in [0.05, 0.1) is 25.0 Å². The smallest absolute Gasteiger partial charge is 0.305 e. The van der Waals surface area contributed by atoms with Gasteiger partial charge in [0, 0.05) is 25.2 Å². The number of carbonyl (C=O) groups is 2. The zero-order chi connectivity index (χ0) is 19.6. The molecule has 25 heavy (non-hydrogen) atoms. The number of aliphatic hydroxyl groups excluding tert-OH is 2. The first-order valence-corrected chi connectivity index (χ1v) is 8.38. The Labute approximate surface area is 149 Å². The van der Waals surface area contributed by atoms with Crippen molar-refractivity contribution in [2.75, 3.05) is 41.3 Å². The number of hydrogen-bond acceptors (Lipinski definition) is 7. The highest BCUT2D eigenvalue weighted by molar-refractivity contribution is 5.68. The second-order valence-corrected chi connectivity index (χ2v) is 6.89. The van der Waals surface area contributed by atoms with Crippen LogP contribution in [0.25, 0.3) is 0 Å². The molecule has 0 saturated carbocycles. The van der Waals surface area contributed by atoms with Crippen molar-refractivity contribution in [3.63, 3.8) is 0 Å². The second-order valence-electron chi connectivity index (χ2n) is 6.89. The molecule has 148 valence electrons. The highest BCUT2D eigenvalue weighted by Crippen LogP contribution is 2.11. The van der Waals surface area contributed by atoms with Crippen molar-refractivity contribution >= 4 is 11.9 Å². The average molecular weight is 363 g/mol. The zero-order valence-corrected chi connectivity index (χ0v) is 15.6. The van der Waals surface area contributed by atoms with Crippen LogP contribution in [0.5, 0.6) is 0 Å². The van der Waals surface area contributed by atoms with Crippen molar-refractivity contribution < 1.29 is 30.0 Å². The largest absolute Gasteiger partial charge is 0.481 e. The maximum absolute atomic E-state index is 11.1. The molecule has 0 amide bonds. The maximum atomic E-state index is 11.1. The lowest BCUT2D eigenvalue weighted by atomic mass is 9.98. The molecule has 0 heterocycles.